The van der Waals surface area contributed by atoms with Gasteiger partial charge in [-0.05, 0) is 93.1 Å². The molecule has 0 atom stereocenters. The summed E-state index contributed by atoms with van der Waals surface area (Å²) >= 11 is 0. The zero-order chi connectivity index (χ0) is 21.2. The monoisotopic (exact) mass is 414 g/mol. The molecule has 0 aromatic heterocycles. The van der Waals surface area contributed by atoms with Crippen molar-refractivity contribution in [3.05, 3.63) is 83.9 Å². The highest BCUT2D eigenvalue weighted by Crippen LogP contribution is 2.54. The van der Waals surface area contributed by atoms with Gasteiger partial charge in [0.15, 0.2) is 5.78 Å². The van der Waals surface area contributed by atoms with E-state index < -0.39 is 0 Å². The molecule has 0 bridgehead atoms. The maximum Gasteiger partial charge on any atom is 0.167 e. The molecule has 0 saturated heterocycles. The number of hydrogen-bond acceptors (Lipinski definition) is 1. The molecule has 0 fully saturated rings. The van der Waals surface area contributed by atoms with Crippen molar-refractivity contribution in [2.75, 3.05) is 0 Å². The molecule has 1 nitrogen and oxygen atoms in total. The Hall–Kier alpha value is -4.23. The van der Waals surface area contributed by atoms with E-state index in [1.54, 1.807) is 0 Å². The number of hydrogen-bond donors (Lipinski definition) is 0. The Labute approximate surface area is 187 Å². The SMILES string of the molecule is O=C1Cc2ccc3ccc4cc5ccc6ccc7ccc8cc1c1c2c3c4c2c5c6c7c8c12. The topological polar surface area (TPSA) is 17.1 Å². The first kappa shape index (κ1) is 15.6. The molecule has 10 rings (SSSR count). The number of ketones is 1. The van der Waals surface area contributed by atoms with Crippen LogP contribution in [-0.4, -0.2) is 5.78 Å². The number of rotatable bonds is 0. The van der Waals surface area contributed by atoms with Gasteiger partial charge >= 0.3 is 0 Å². The molecule has 1 heteroatoms. The van der Waals surface area contributed by atoms with Gasteiger partial charge in [0.05, 0.1) is 0 Å². The maximum absolute atomic E-state index is 13.4. The smallest absolute Gasteiger partial charge is 0.167 e. The van der Waals surface area contributed by atoms with Gasteiger partial charge in [0, 0.05) is 22.8 Å². The summed E-state index contributed by atoms with van der Waals surface area (Å²) in [4.78, 5) is 13.4. The molecule has 9 aromatic rings. The quantitative estimate of drug-likeness (QED) is 0.180. The largest absolute Gasteiger partial charge is 0.294 e. The van der Waals surface area contributed by atoms with Gasteiger partial charge in [0.25, 0.3) is 0 Å². The minimum absolute atomic E-state index is 0.245. The molecule has 0 aliphatic heterocycles. The van der Waals surface area contributed by atoms with E-state index in [2.05, 4.69) is 72.8 Å². The zero-order valence-corrected chi connectivity index (χ0v) is 17.5. The third kappa shape index (κ3) is 1.45. The van der Waals surface area contributed by atoms with Gasteiger partial charge in [0.1, 0.15) is 0 Å². The highest BCUT2D eigenvalue weighted by molar-refractivity contribution is 6.52. The van der Waals surface area contributed by atoms with Crippen molar-refractivity contribution in [2.24, 2.45) is 0 Å². The molecule has 33 heavy (non-hydrogen) atoms. The molecule has 1 aliphatic rings. The Kier molecular flexibility index (Phi) is 2.17. The Morgan fingerprint density at radius 1 is 0.394 bits per heavy atom. The molecular weight excluding hydrogens is 400 g/mol. The second-order valence-corrected chi connectivity index (χ2v) is 9.98. The first-order valence-electron chi connectivity index (χ1n) is 11.6. The summed E-state index contributed by atoms with van der Waals surface area (Å²) in [7, 11) is 0. The van der Waals surface area contributed by atoms with Crippen LogP contribution in [0.25, 0.3) is 86.2 Å². The van der Waals surface area contributed by atoms with Crippen LogP contribution in [0.2, 0.25) is 0 Å². The van der Waals surface area contributed by atoms with Gasteiger partial charge in [-0.3, -0.25) is 4.79 Å². The normalized spacial score (nSPS) is 14.6. The van der Waals surface area contributed by atoms with Gasteiger partial charge in [-0.2, -0.15) is 0 Å². The average molecular weight is 414 g/mol. The summed E-state index contributed by atoms with van der Waals surface area (Å²) in [6.07, 6.45) is 0.492. The fourth-order valence-electron chi connectivity index (χ4n) is 7.37. The molecular formula is C32H14O. The second-order valence-electron chi connectivity index (χ2n) is 9.98. The van der Waals surface area contributed by atoms with Gasteiger partial charge in [-0.1, -0.05) is 60.7 Å². The maximum atomic E-state index is 13.4. The highest BCUT2D eigenvalue weighted by Gasteiger charge is 2.30. The summed E-state index contributed by atoms with van der Waals surface area (Å²) in [5.74, 6) is 0.245. The van der Waals surface area contributed by atoms with E-state index in [9.17, 15) is 4.79 Å². The Balaban J connectivity index is 1.79. The summed E-state index contributed by atoms with van der Waals surface area (Å²) in [6, 6.07) is 27.0. The predicted molar refractivity (Wildman–Crippen MR) is 139 cm³/mol. The van der Waals surface area contributed by atoms with Gasteiger partial charge in [0.2, 0.25) is 0 Å². The van der Waals surface area contributed by atoms with Crippen molar-refractivity contribution in [3.63, 3.8) is 0 Å². The Morgan fingerprint density at radius 2 is 0.818 bits per heavy atom. The average Bonchev–Trinajstić information content (AvgIpc) is 2.85. The minimum atomic E-state index is 0.245. The Bertz CT molecular complexity index is 2320. The van der Waals surface area contributed by atoms with E-state index in [1.165, 1.54) is 91.7 Å². The van der Waals surface area contributed by atoms with Crippen LogP contribution in [0.15, 0.2) is 72.8 Å². The standard InChI is InChI=1S/C32H14O/c33-22-13-20-10-6-16-4-8-18-11-17-7-3-14-1-2-15-5-9-19-12-21(22)30-26(20)25(16)28(18)31-27(17)23(14)24(15)29(19)32(30)31/h1-12H,13H2. The Morgan fingerprint density at radius 3 is 1.42 bits per heavy atom. The lowest BCUT2D eigenvalue weighted by Gasteiger charge is -2.27. The van der Waals surface area contributed by atoms with E-state index in [0.29, 0.717) is 6.42 Å². The molecule has 0 N–H and O–H groups in total. The van der Waals surface area contributed by atoms with Crippen LogP contribution >= 0.6 is 0 Å². The van der Waals surface area contributed by atoms with E-state index in [1.807, 2.05) is 0 Å². The molecule has 0 heterocycles. The molecule has 0 saturated carbocycles. The van der Waals surface area contributed by atoms with Crippen molar-refractivity contribution in [3.8, 4) is 0 Å². The van der Waals surface area contributed by atoms with Crippen LogP contribution in [0, 0.1) is 0 Å². The number of carbonyl (C=O) groups is 1. The van der Waals surface area contributed by atoms with Crippen molar-refractivity contribution >= 4 is 92.0 Å². The summed E-state index contributed by atoms with van der Waals surface area (Å²) < 4.78 is 0. The third-order valence-electron chi connectivity index (χ3n) is 8.57. The van der Waals surface area contributed by atoms with Crippen LogP contribution in [0.1, 0.15) is 15.9 Å². The lowest BCUT2D eigenvalue weighted by molar-refractivity contribution is 0.0994. The van der Waals surface area contributed by atoms with Crippen molar-refractivity contribution < 1.29 is 4.79 Å². The minimum Gasteiger partial charge on any atom is -0.294 e. The van der Waals surface area contributed by atoms with Crippen LogP contribution in [0.4, 0.5) is 0 Å². The number of carbonyl (C=O) groups excluding carboxylic acids is 1. The molecule has 148 valence electrons. The second kappa shape index (κ2) is 4.60. The van der Waals surface area contributed by atoms with Crippen LogP contribution in [0.5, 0.6) is 0 Å². The van der Waals surface area contributed by atoms with E-state index in [0.717, 1.165) is 5.56 Å². The molecule has 9 aromatic carbocycles. The molecule has 0 radical (unpaired) electrons. The number of Topliss-reactive ketones (excluding diaryl/α,β-unsaturated/α-hetero) is 1. The van der Waals surface area contributed by atoms with Gasteiger partial charge < -0.3 is 0 Å². The highest BCUT2D eigenvalue weighted by atomic mass is 16.1. The molecule has 0 unspecified atom stereocenters. The molecule has 0 amide bonds. The lowest BCUT2D eigenvalue weighted by Crippen LogP contribution is -2.11. The first-order chi connectivity index (χ1) is 16.3. The van der Waals surface area contributed by atoms with Gasteiger partial charge in [-0.25, -0.2) is 0 Å². The summed E-state index contributed by atoms with van der Waals surface area (Å²) in [6.45, 7) is 0. The van der Waals surface area contributed by atoms with E-state index in [4.69, 9.17) is 0 Å². The fourth-order valence-corrected chi connectivity index (χ4v) is 7.37. The summed E-state index contributed by atoms with van der Waals surface area (Å²) in [5.41, 5.74) is 2.08. The van der Waals surface area contributed by atoms with Crippen LogP contribution in [-0.2, 0) is 6.42 Å². The summed E-state index contributed by atoms with van der Waals surface area (Å²) in [5, 5.41) is 20.9. The third-order valence-corrected chi connectivity index (χ3v) is 8.57. The number of benzene rings is 9. The predicted octanol–water partition coefficient (Wildman–Crippen LogP) is 8.40. The van der Waals surface area contributed by atoms with Crippen LogP contribution < -0.4 is 0 Å². The molecule has 1 aliphatic carbocycles. The van der Waals surface area contributed by atoms with Crippen LogP contribution in [0.3, 0.4) is 0 Å². The van der Waals surface area contributed by atoms with E-state index >= 15 is 0 Å². The van der Waals surface area contributed by atoms with Crippen molar-refractivity contribution in [1.29, 1.82) is 0 Å². The van der Waals surface area contributed by atoms with Crippen molar-refractivity contribution in [1.82, 2.24) is 0 Å². The van der Waals surface area contributed by atoms with Crippen molar-refractivity contribution in [2.45, 2.75) is 6.42 Å². The van der Waals surface area contributed by atoms with E-state index in [-0.39, 0.29) is 5.78 Å². The lowest BCUT2D eigenvalue weighted by atomic mass is 9.75. The molecule has 0 spiro atoms. The van der Waals surface area contributed by atoms with Gasteiger partial charge in [-0.15, -0.1) is 0 Å². The zero-order valence-electron chi connectivity index (χ0n) is 17.5. The first-order valence-corrected chi connectivity index (χ1v) is 11.6. The fraction of sp³-hybridized carbons (Fsp3) is 0.0312.